The van der Waals surface area contributed by atoms with Gasteiger partial charge in [0.1, 0.15) is 5.65 Å². The standard InChI is InChI=1S/C18H19N5O2/c1-12-8-9-15-19-16(18(2,3)4)17(22(15)11-12)21-20-13-6-5-7-14(10-13)23(24)25/h5-11H,1-4H3. The van der Waals surface area contributed by atoms with Gasteiger partial charge in [0.2, 0.25) is 0 Å². The summed E-state index contributed by atoms with van der Waals surface area (Å²) in [5.41, 5.74) is 2.91. The number of non-ortho nitro benzene ring substituents is 1. The van der Waals surface area contributed by atoms with Crippen LogP contribution in [0.25, 0.3) is 5.65 Å². The smallest absolute Gasteiger partial charge is 0.271 e. The lowest BCUT2D eigenvalue weighted by molar-refractivity contribution is -0.384. The molecule has 0 saturated heterocycles. The number of benzene rings is 1. The quantitative estimate of drug-likeness (QED) is 0.371. The molecule has 0 N–H and O–H groups in total. The number of hydrogen-bond donors (Lipinski definition) is 0. The van der Waals surface area contributed by atoms with Crippen LogP contribution in [0.15, 0.2) is 52.8 Å². The molecule has 0 bridgehead atoms. The van der Waals surface area contributed by atoms with Gasteiger partial charge in [-0.2, -0.15) is 0 Å². The van der Waals surface area contributed by atoms with Crippen molar-refractivity contribution in [1.82, 2.24) is 9.38 Å². The molecule has 3 rings (SSSR count). The highest BCUT2D eigenvalue weighted by Gasteiger charge is 2.24. The molecule has 0 saturated carbocycles. The molecular weight excluding hydrogens is 318 g/mol. The molecule has 0 atom stereocenters. The summed E-state index contributed by atoms with van der Waals surface area (Å²) in [5, 5.41) is 19.5. The van der Waals surface area contributed by atoms with Crippen molar-refractivity contribution in [3.63, 3.8) is 0 Å². The molecule has 7 nitrogen and oxygen atoms in total. The first-order valence-corrected chi connectivity index (χ1v) is 7.91. The Morgan fingerprint density at radius 2 is 1.92 bits per heavy atom. The van der Waals surface area contributed by atoms with Crippen molar-refractivity contribution in [2.75, 3.05) is 0 Å². The van der Waals surface area contributed by atoms with Gasteiger partial charge in [-0.05, 0) is 24.6 Å². The summed E-state index contributed by atoms with van der Waals surface area (Å²) in [7, 11) is 0. The van der Waals surface area contributed by atoms with Crippen LogP contribution in [0.4, 0.5) is 17.2 Å². The van der Waals surface area contributed by atoms with Crippen LogP contribution < -0.4 is 0 Å². The van der Waals surface area contributed by atoms with Crippen molar-refractivity contribution in [2.45, 2.75) is 33.1 Å². The molecule has 0 spiro atoms. The summed E-state index contributed by atoms with van der Waals surface area (Å²) in [4.78, 5) is 15.1. The Bertz CT molecular complexity index is 983. The van der Waals surface area contributed by atoms with Gasteiger partial charge in [0.05, 0.1) is 16.3 Å². The Balaban J connectivity index is 2.12. The maximum atomic E-state index is 10.9. The van der Waals surface area contributed by atoms with Gasteiger partial charge in [-0.25, -0.2) is 4.98 Å². The molecule has 25 heavy (non-hydrogen) atoms. The Labute approximate surface area is 145 Å². The largest absolute Gasteiger partial charge is 0.283 e. The Kier molecular flexibility index (Phi) is 4.08. The number of aryl methyl sites for hydroxylation is 1. The van der Waals surface area contributed by atoms with E-state index in [1.54, 1.807) is 12.1 Å². The number of fused-ring (bicyclic) bond motifs is 1. The maximum absolute atomic E-state index is 10.9. The number of nitrogens with zero attached hydrogens (tertiary/aromatic N) is 5. The zero-order chi connectivity index (χ0) is 18.2. The number of aromatic nitrogens is 2. The number of rotatable bonds is 3. The van der Waals surface area contributed by atoms with E-state index < -0.39 is 4.92 Å². The van der Waals surface area contributed by atoms with Gasteiger partial charge in [-0.3, -0.25) is 14.5 Å². The molecule has 0 aliphatic heterocycles. The molecule has 1 aromatic carbocycles. The molecule has 7 heteroatoms. The van der Waals surface area contributed by atoms with Gasteiger partial charge < -0.3 is 0 Å². The van der Waals surface area contributed by atoms with E-state index >= 15 is 0 Å². The summed E-state index contributed by atoms with van der Waals surface area (Å²) in [5.74, 6) is 0.637. The van der Waals surface area contributed by atoms with Crippen LogP contribution in [0.3, 0.4) is 0 Å². The third-order valence-electron chi connectivity index (χ3n) is 3.75. The van der Waals surface area contributed by atoms with Crippen molar-refractivity contribution >= 4 is 22.8 Å². The second kappa shape index (κ2) is 6.08. The minimum Gasteiger partial charge on any atom is -0.283 e. The van der Waals surface area contributed by atoms with Crippen molar-refractivity contribution in [2.24, 2.45) is 10.2 Å². The van der Waals surface area contributed by atoms with Gasteiger partial charge in [0.25, 0.3) is 5.69 Å². The predicted octanol–water partition coefficient (Wildman–Crippen LogP) is 5.26. The Morgan fingerprint density at radius 3 is 2.60 bits per heavy atom. The molecule has 3 aromatic rings. The maximum Gasteiger partial charge on any atom is 0.271 e. The van der Waals surface area contributed by atoms with E-state index in [1.807, 2.05) is 29.7 Å². The zero-order valence-corrected chi connectivity index (χ0v) is 14.6. The Morgan fingerprint density at radius 1 is 1.16 bits per heavy atom. The van der Waals surface area contributed by atoms with E-state index in [0.717, 1.165) is 16.9 Å². The normalized spacial score (nSPS) is 12.2. The van der Waals surface area contributed by atoms with E-state index in [2.05, 4.69) is 36.0 Å². The second-order valence-corrected chi connectivity index (χ2v) is 6.95. The Hall–Kier alpha value is -3.09. The van der Waals surface area contributed by atoms with Crippen molar-refractivity contribution in [3.05, 3.63) is 64.0 Å². The predicted molar refractivity (Wildman–Crippen MR) is 95.9 cm³/mol. The van der Waals surface area contributed by atoms with Gasteiger partial charge in [-0.15, -0.1) is 10.2 Å². The van der Waals surface area contributed by atoms with E-state index in [4.69, 9.17) is 0 Å². The topological polar surface area (TPSA) is 85.2 Å². The number of nitro groups is 1. The van der Waals surface area contributed by atoms with E-state index in [9.17, 15) is 10.1 Å². The van der Waals surface area contributed by atoms with Gasteiger partial charge in [0.15, 0.2) is 5.82 Å². The average molecular weight is 337 g/mol. The SMILES string of the molecule is Cc1ccc2nc(C(C)(C)C)c(N=Nc3cccc([N+](=O)[O-])c3)n2c1. The highest BCUT2D eigenvalue weighted by molar-refractivity contribution is 5.55. The summed E-state index contributed by atoms with van der Waals surface area (Å²) >= 11 is 0. The van der Waals surface area contributed by atoms with Gasteiger partial charge in [0, 0.05) is 23.7 Å². The number of hydrogen-bond acceptors (Lipinski definition) is 5. The van der Waals surface area contributed by atoms with Crippen LogP contribution >= 0.6 is 0 Å². The summed E-state index contributed by atoms with van der Waals surface area (Å²) in [6.45, 7) is 8.19. The van der Waals surface area contributed by atoms with Crippen molar-refractivity contribution in [3.8, 4) is 0 Å². The third-order valence-corrected chi connectivity index (χ3v) is 3.75. The number of nitro benzene ring substituents is 1. The zero-order valence-electron chi connectivity index (χ0n) is 14.6. The van der Waals surface area contributed by atoms with Crippen LogP contribution in [0.1, 0.15) is 32.0 Å². The molecule has 0 fully saturated rings. The van der Waals surface area contributed by atoms with Crippen LogP contribution in [0.2, 0.25) is 0 Å². The molecule has 0 radical (unpaired) electrons. The molecular formula is C18H19N5O2. The second-order valence-electron chi connectivity index (χ2n) is 6.95. The number of pyridine rings is 1. The van der Waals surface area contributed by atoms with Crippen molar-refractivity contribution < 1.29 is 4.92 Å². The summed E-state index contributed by atoms with van der Waals surface area (Å²) in [6, 6.07) is 10.0. The van der Waals surface area contributed by atoms with Crippen LogP contribution in [-0.4, -0.2) is 14.3 Å². The number of imidazole rings is 1. The van der Waals surface area contributed by atoms with Crippen LogP contribution in [0.5, 0.6) is 0 Å². The average Bonchev–Trinajstić information content (AvgIpc) is 2.91. The third kappa shape index (κ3) is 3.40. The van der Waals surface area contributed by atoms with Gasteiger partial charge in [-0.1, -0.05) is 32.9 Å². The lowest BCUT2D eigenvalue weighted by atomic mass is 9.92. The molecule has 128 valence electrons. The molecule has 0 aliphatic rings. The van der Waals surface area contributed by atoms with E-state index in [-0.39, 0.29) is 11.1 Å². The van der Waals surface area contributed by atoms with Crippen LogP contribution in [-0.2, 0) is 5.41 Å². The highest BCUT2D eigenvalue weighted by Crippen LogP contribution is 2.33. The lowest BCUT2D eigenvalue weighted by Gasteiger charge is -2.15. The first kappa shape index (κ1) is 16.8. The minimum absolute atomic E-state index is 0.0125. The van der Waals surface area contributed by atoms with E-state index in [0.29, 0.717) is 11.5 Å². The number of azo groups is 1. The van der Waals surface area contributed by atoms with E-state index in [1.165, 1.54) is 12.1 Å². The monoisotopic (exact) mass is 337 g/mol. The lowest BCUT2D eigenvalue weighted by Crippen LogP contribution is -2.11. The minimum atomic E-state index is -0.447. The van der Waals surface area contributed by atoms with Crippen LogP contribution in [0, 0.1) is 17.0 Å². The first-order chi connectivity index (χ1) is 11.8. The molecule has 2 aromatic heterocycles. The van der Waals surface area contributed by atoms with Gasteiger partial charge >= 0.3 is 0 Å². The summed E-state index contributed by atoms with van der Waals surface area (Å²) < 4.78 is 1.90. The fourth-order valence-corrected chi connectivity index (χ4v) is 2.51. The molecule has 0 aliphatic carbocycles. The fraction of sp³-hybridized carbons (Fsp3) is 0.278. The molecule has 2 heterocycles. The molecule has 0 unspecified atom stereocenters. The molecule has 0 amide bonds. The summed E-state index contributed by atoms with van der Waals surface area (Å²) in [6.07, 6.45) is 1.96. The first-order valence-electron chi connectivity index (χ1n) is 7.91. The highest BCUT2D eigenvalue weighted by atomic mass is 16.6. The fourth-order valence-electron chi connectivity index (χ4n) is 2.51. The van der Waals surface area contributed by atoms with Crippen molar-refractivity contribution in [1.29, 1.82) is 0 Å².